The maximum absolute atomic E-state index is 12.9. The van der Waals surface area contributed by atoms with Gasteiger partial charge in [0.25, 0.3) is 0 Å². The molecule has 0 saturated heterocycles. The van der Waals surface area contributed by atoms with Gasteiger partial charge >= 0.3 is 0 Å². The van der Waals surface area contributed by atoms with Crippen LogP contribution < -0.4 is 15.8 Å². The molecule has 1 aromatic rings. The van der Waals surface area contributed by atoms with Crippen molar-refractivity contribution < 1.29 is 13.9 Å². The highest BCUT2D eigenvalue weighted by atomic mass is 19.1. The molecular weight excluding hydrogens is 235 g/mol. The van der Waals surface area contributed by atoms with Gasteiger partial charge in [0.15, 0.2) is 0 Å². The monoisotopic (exact) mass is 252 g/mol. The van der Waals surface area contributed by atoms with E-state index in [1.807, 2.05) is 0 Å². The van der Waals surface area contributed by atoms with Crippen LogP contribution in [-0.4, -0.2) is 24.6 Å². The van der Waals surface area contributed by atoms with Crippen LogP contribution in [0.2, 0.25) is 0 Å². The van der Waals surface area contributed by atoms with Crippen LogP contribution in [0.1, 0.15) is 18.4 Å². The van der Waals surface area contributed by atoms with E-state index in [0.717, 1.165) is 12.8 Å². The van der Waals surface area contributed by atoms with Crippen molar-refractivity contribution in [1.82, 2.24) is 5.32 Å². The van der Waals surface area contributed by atoms with Gasteiger partial charge in [0, 0.05) is 6.04 Å². The van der Waals surface area contributed by atoms with Crippen LogP contribution in [0.3, 0.4) is 0 Å². The van der Waals surface area contributed by atoms with Gasteiger partial charge in [-0.2, -0.15) is 0 Å². The zero-order valence-corrected chi connectivity index (χ0v) is 10.3. The molecule has 1 aliphatic rings. The molecule has 5 heteroatoms. The van der Waals surface area contributed by atoms with Crippen LogP contribution >= 0.6 is 0 Å². The number of hydrogen-bond acceptors (Lipinski definition) is 3. The summed E-state index contributed by atoms with van der Waals surface area (Å²) in [5, 5.41) is 3.12. The van der Waals surface area contributed by atoms with Crippen LogP contribution in [0.4, 0.5) is 4.39 Å². The Balaban J connectivity index is 1.93. The molecule has 18 heavy (non-hydrogen) atoms. The fourth-order valence-corrected chi connectivity index (χ4v) is 1.69. The lowest BCUT2D eigenvalue weighted by molar-refractivity contribution is -0.120. The number of amides is 1. The van der Waals surface area contributed by atoms with Gasteiger partial charge in [-0.05, 0) is 43.5 Å². The molecule has 98 valence electrons. The summed E-state index contributed by atoms with van der Waals surface area (Å²) in [6, 6.07) is 4.15. The highest BCUT2D eigenvalue weighted by Gasteiger charge is 2.27. The van der Waals surface area contributed by atoms with Crippen molar-refractivity contribution in [3.63, 3.8) is 0 Å². The first kappa shape index (κ1) is 12.8. The van der Waals surface area contributed by atoms with E-state index in [2.05, 4.69) is 5.32 Å². The number of benzene rings is 1. The Bertz CT molecular complexity index is 447. The van der Waals surface area contributed by atoms with Crippen LogP contribution in [-0.2, 0) is 4.79 Å². The number of carbonyl (C=O) groups excluding carboxylic acids is 1. The predicted molar refractivity (Wildman–Crippen MR) is 65.8 cm³/mol. The molecule has 0 heterocycles. The summed E-state index contributed by atoms with van der Waals surface area (Å²) in [6.07, 6.45) is 2.14. The molecule has 2 rings (SSSR count). The number of hydrogen-bond donors (Lipinski definition) is 2. The van der Waals surface area contributed by atoms with Gasteiger partial charge in [-0.3, -0.25) is 4.79 Å². The third kappa shape index (κ3) is 3.43. The van der Waals surface area contributed by atoms with E-state index >= 15 is 0 Å². The predicted octanol–water partition coefficient (Wildman–Crippen LogP) is 1.12. The lowest BCUT2D eigenvalue weighted by atomic mass is 10.2. The maximum atomic E-state index is 12.9. The van der Waals surface area contributed by atoms with E-state index in [1.54, 1.807) is 13.0 Å². The summed E-state index contributed by atoms with van der Waals surface area (Å²) in [4.78, 5) is 11.2. The maximum Gasteiger partial charge on any atom is 0.238 e. The smallest absolute Gasteiger partial charge is 0.238 e. The third-order valence-electron chi connectivity index (χ3n) is 2.90. The van der Waals surface area contributed by atoms with E-state index in [-0.39, 0.29) is 12.4 Å². The molecule has 1 unspecified atom stereocenters. The number of ether oxygens (including phenoxy) is 1. The minimum atomic E-state index is -0.498. The molecule has 1 saturated carbocycles. The van der Waals surface area contributed by atoms with Crippen molar-refractivity contribution in [1.29, 1.82) is 0 Å². The molecule has 0 radical (unpaired) electrons. The van der Waals surface area contributed by atoms with Crippen molar-refractivity contribution in [3.05, 3.63) is 29.6 Å². The second-order valence-electron chi connectivity index (χ2n) is 4.62. The highest BCUT2D eigenvalue weighted by molar-refractivity contribution is 5.80. The molecule has 0 aromatic heterocycles. The molecule has 3 N–H and O–H groups in total. The molecular formula is C13H17FN2O2. The molecule has 1 fully saturated rings. The first-order valence-electron chi connectivity index (χ1n) is 6.00. The molecule has 0 aliphatic heterocycles. The summed E-state index contributed by atoms with van der Waals surface area (Å²) in [5.74, 6) is -0.163. The Morgan fingerprint density at radius 2 is 2.33 bits per heavy atom. The Morgan fingerprint density at radius 3 is 2.89 bits per heavy atom. The van der Waals surface area contributed by atoms with E-state index in [9.17, 15) is 9.18 Å². The Labute approximate surface area is 105 Å². The van der Waals surface area contributed by atoms with Crippen molar-refractivity contribution in [2.45, 2.75) is 31.8 Å². The first-order valence-corrected chi connectivity index (χ1v) is 6.00. The van der Waals surface area contributed by atoms with Gasteiger partial charge in [0.2, 0.25) is 5.91 Å². The van der Waals surface area contributed by atoms with Crippen LogP contribution in [0, 0.1) is 12.7 Å². The molecule has 1 aromatic carbocycles. The summed E-state index contributed by atoms with van der Waals surface area (Å²) < 4.78 is 18.4. The summed E-state index contributed by atoms with van der Waals surface area (Å²) in [6.45, 7) is 1.92. The largest absolute Gasteiger partial charge is 0.491 e. The molecule has 0 spiro atoms. The van der Waals surface area contributed by atoms with Crippen molar-refractivity contribution >= 4 is 5.91 Å². The minimum Gasteiger partial charge on any atom is -0.491 e. The number of rotatable bonds is 6. The summed E-state index contributed by atoms with van der Waals surface area (Å²) >= 11 is 0. The van der Waals surface area contributed by atoms with E-state index < -0.39 is 11.9 Å². The zero-order chi connectivity index (χ0) is 13.1. The SMILES string of the molecule is Cc1cc(F)ccc1OCC(NC1CC1)C(N)=O. The second-order valence-corrected chi connectivity index (χ2v) is 4.62. The van der Waals surface area contributed by atoms with Crippen LogP contribution in [0.25, 0.3) is 0 Å². The Hall–Kier alpha value is -1.62. The van der Waals surface area contributed by atoms with Crippen molar-refractivity contribution in [2.24, 2.45) is 5.73 Å². The fraction of sp³-hybridized carbons (Fsp3) is 0.462. The fourth-order valence-electron chi connectivity index (χ4n) is 1.69. The van der Waals surface area contributed by atoms with Gasteiger partial charge in [0.05, 0.1) is 0 Å². The van der Waals surface area contributed by atoms with Gasteiger partial charge in [0.1, 0.15) is 24.2 Å². The third-order valence-corrected chi connectivity index (χ3v) is 2.90. The minimum absolute atomic E-state index is 0.165. The average Bonchev–Trinajstić information content (AvgIpc) is 3.09. The van der Waals surface area contributed by atoms with Crippen molar-refractivity contribution in [2.75, 3.05) is 6.61 Å². The molecule has 1 amide bonds. The summed E-state index contributed by atoms with van der Waals surface area (Å²) in [5.41, 5.74) is 6.00. The standard InChI is InChI=1S/C13H17FN2O2/c1-8-6-9(14)2-5-12(8)18-7-11(13(15)17)16-10-3-4-10/h2,5-6,10-11,16H,3-4,7H2,1H3,(H2,15,17). The van der Waals surface area contributed by atoms with E-state index in [1.165, 1.54) is 12.1 Å². The molecule has 1 atom stereocenters. The lowest BCUT2D eigenvalue weighted by Crippen LogP contribution is -2.46. The first-order chi connectivity index (χ1) is 8.56. The van der Waals surface area contributed by atoms with Gasteiger partial charge in [-0.1, -0.05) is 0 Å². The van der Waals surface area contributed by atoms with E-state index in [4.69, 9.17) is 10.5 Å². The number of nitrogens with two attached hydrogens (primary N) is 1. The number of carbonyl (C=O) groups is 1. The van der Waals surface area contributed by atoms with Gasteiger partial charge < -0.3 is 15.8 Å². The van der Waals surface area contributed by atoms with Gasteiger partial charge in [-0.25, -0.2) is 4.39 Å². The molecule has 0 bridgehead atoms. The highest BCUT2D eigenvalue weighted by Crippen LogP contribution is 2.21. The topological polar surface area (TPSA) is 64.3 Å². The number of primary amides is 1. The van der Waals surface area contributed by atoms with Crippen molar-refractivity contribution in [3.8, 4) is 5.75 Å². The number of aryl methyl sites for hydroxylation is 1. The average molecular weight is 252 g/mol. The normalized spacial score (nSPS) is 16.3. The number of nitrogens with one attached hydrogen (secondary N) is 1. The Morgan fingerprint density at radius 1 is 1.61 bits per heavy atom. The van der Waals surface area contributed by atoms with Crippen LogP contribution in [0.15, 0.2) is 18.2 Å². The summed E-state index contributed by atoms with van der Waals surface area (Å²) in [7, 11) is 0. The molecule has 4 nitrogen and oxygen atoms in total. The molecule has 1 aliphatic carbocycles. The van der Waals surface area contributed by atoms with Crippen LogP contribution in [0.5, 0.6) is 5.75 Å². The Kier molecular flexibility index (Phi) is 3.81. The quantitative estimate of drug-likeness (QED) is 0.797. The lowest BCUT2D eigenvalue weighted by Gasteiger charge is -2.16. The second kappa shape index (κ2) is 5.35. The zero-order valence-electron chi connectivity index (χ0n) is 10.3. The van der Waals surface area contributed by atoms with E-state index in [0.29, 0.717) is 17.4 Å². The number of halogens is 1. The van der Waals surface area contributed by atoms with Gasteiger partial charge in [-0.15, -0.1) is 0 Å².